The van der Waals surface area contributed by atoms with Gasteiger partial charge in [0.05, 0.1) is 6.61 Å². The van der Waals surface area contributed by atoms with Gasteiger partial charge < -0.3 is 5.11 Å². The van der Waals surface area contributed by atoms with E-state index in [0.29, 0.717) is 6.04 Å². The summed E-state index contributed by atoms with van der Waals surface area (Å²) in [4.78, 5) is 2.66. The van der Waals surface area contributed by atoms with E-state index in [1.807, 2.05) is 12.1 Å². The van der Waals surface area contributed by atoms with Crippen LogP contribution >= 0.6 is 11.6 Å². The number of likely N-dealkylation sites (tertiary alicyclic amines) is 1. The average Bonchev–Trinajstić information content (AvgIpc) is 2.66. The van der Waals surface area contributed by atoms with Crippen LogP contribution in [0, 0.1) is 5.92 Å². The van der Waals surface area contributed by atoms with Crippen molar-refractivity contribution in [1.82, 2.24) is 4.90 Å². The van der Waals surface area contributed by atoms with Gasteiger partial charge in [-0.2, -0.15) is 0 Å². The first-order valence-electron chi connectivity index (χ1n) is 9.88. The first-order chi connectivity index (χ1) is 12.7. The Balaban J connectivity index is 1.53. The topological polar surface area (TPSA) is 23.5 Å². The Labute approximate surface area is 161 Å². The highest BCUT2D eigenvalue weighted by molar-refractivity contribution is 6.30. The molecule has 2 fully saturated rings. The van der Waals surface area contributed by atoms with Gasteiger partial charge in [-0.25, -0.2) is 0 Å². The third kappa shape index (κ3) is 3.43. The molecule has 1 saturated carbocycles. The summed E-state index contributed by atoms with van der Waals surface area (Å²) in [6.45, 7) is 2.32. The molecule has 138 valence electrons. The van der Waals surface area contributed by atoms with Crippen molar-refractivity contribution in [2.45, 2.75) is 43.6 Å². The number of benzene rings is 2. The quantitative estimate of drug-likeness (QED) is 0.782. The lowest BCUT2D eigenvalue weighted by atomic mass is 9.71. The van der Waals surface area contributed by atoms with Crippen molar-refractivity contribution in [3.05, 3.63) is 70.7 Å². The zero-order valence-corrected chi connectivity index (χ0v) is 16.0. The third-order valence-corrected chi connectivity index (χ3v) is 6.90. The summed E-state index contributed by atoms with van der Waals surface area (Å²) >= 11 is 6.11. The smallest absolute Gasteiger partial charge is 0.0528 e. The summed E-state index contributed by atoms with van der Waals surface area (Å²) in [7, 11) is 0. The molecule has 0 spiro atoms. The van der Waals surface area contributed by atoms with E-state index in [-0.39, 0.29) is 12.0 Å². The maximum atomic E-state index is 10.2. The van der Waals surface area contributed by atoms with Crippen molar-refractivity contribution in [1.29, 1.82) is 0 Å². The molecule has 1 heterocycles. The molecular weight excluding hydrogens is 342 g/mol. The van der Waals surface area contributed by atoms with Crippen LogP contribution in [0.15, 0.2) is 54.6 Å². The van der Waals surface area contributed by atoms with Gasteiger partial charge in [0.1, 0.15) is 0 Å². The van der Waals surface area contributed by atoms with E-state index >= 15 is 0 Å². The second kappa shape index (κ2) is 7.72. The fourth-order valence-electron chi connectivity index (χ4n) is 4.76. The van der Waals surface area contributed by atoms with Crippen molar-refractivity contribution in [3.8, 4) is 0 Å². The predicted octanol–water partition coefficient (Wildman–Crippen LogP) is 5.21. The molecule has 4 rings (SSSR count). The summed E-state index contributed by atoms with van der Waals surface area (Å²) in [6.07, 6.45) is 6.04. The van der Waals surface area contributed by atoms with Gasteiger partial charge in [0, 0.05) is 16.5 Å². The van der Waals surface area contributed by atoms with Crippen LogP contribution in [0.1, 0.15) is 49.3 Å². The fourth-order valence-corrected chi connectivity index (χ4v) is 4.88. The van der Waals surface area contributed by atoms with E-state index < -0.39 is 0 Å². The first kappa shape index (κ1) is 18.0. The van der Waals surface area contributed by atoms with Gasteiger partial charge in [0.25, 0.3) is 0 Å². The molecule has 1 saturated heterocycles. The summed E-state index contributed by atoms with van der Waals surface area (Å²) in [6, 6.07) is 19.5. The normalized spacial score (nSPS) is 21.9. The number of halogens is 1. The summed E-state index contributed by atoms with van der Waals surface area (Å²) in [5.74, 6) is 0.759. The first-order valence-corrected chi connectivity index (χ1v) is 10.3. The second-order valence-corrected chi connectivity index (χ2v) is 8.46. The van der Waals surface area contributed by atoms with Crippen molar-refractivity contribution < 1.29 is 5.11 Å². The molecule has 0 amide bonds. The number of aliphatic hydroxyl groups is 1. The SMILES string of the molecule is OCC1(c2ccccc2)CCN(C(c2ccc(Cl)cc2)C2CCC2)CC1. The molecule has 2 aliphatic rings. The van der Waals surface area contributed by atoms with Crippen LogP contribution in [-0.2, 0) is 5.41 Å². The molecule has 1 N–H and O–H groups in total. The van der Waals surface area contributed by atoms with Crippen LogP contribution in [0.2, 0.25) is 5.02 Å². The van der Waals surface area contributed by atoms with Crippen LogP contribution < -0.4 is 0 Å². The summed E-state index contributed by atoms with van der Waals surface area (Å²) in [5, 5.41) is 11.0. The Kier molecular flexibility index (Phi) is 5.35. The van der Waals surface area contributed by atoms with Gasteiger partial charge in [-0.1, -0.05) is 60.5 Å². The minimum absolute atomic E-state index is 0.0814. The van der Waals surface area contributed by atoms with Crippen LogP contribution in [0.3, 0.4) is 0 Å². The van der Waals surface area contributed by atoms with Gasteiger partial charge >= 0.3 is 0 Å². The third-order valence-electron chi connectivity index (χ3n) is 6.65. The van der Waals surface area contributed by atoms with E-state index in [0.717, 1.165) is 36.9 Å². The minimum Gasteiger partial charge on any atom is -0.395 e. The molecule has 26 heavy (non-hydrogen) atoms. The van der Waals surface area contributed by atoms with Crippen molar-refractivity contribution in [3.63, 3.8) is 0 Å². The van der Waals surface area contributed by atoms with E-state index in [1.54, 1.807) is 0 Å². The number of aliphatic hydroxyl groups excluding tert-OH is 1. The van der Waals surface area contributed by atoms with Crippen LogP contribution in [-0.4, -0.2) is 29.7 Å². The number of hydrogen-bond donors (Lipinski definition) is 1. The molecule has 2 nitrogen and oxygen atoms in total. The zero-order chi connectivity index (χ0) is 18.0. The van der Waals surface area contributed by atoms with Gasteiger partial charge in [0.15, 0.2) is 0 Å². The van der Waals surface area contributed by atoms with Gasteiger partial charge in [-0.15, -0.1) is 0 Å². The van der Waals surface area contributed by atoms with Crippen molar-refractivity contribution in [2.24, 2.45) is 5.92 Å². The molecule has 2 aromatic carbocycles. The van der Waals surface area contributed by atoms with Crippen LogP contribution in [0.4, 0.5) is 0 Å². The molecule has 0 radical (unpaired) electrons. The molecule has 1 atom stereocenters. The Bertz CT molecular complexity index is 703. The van der Waals surface area contributed by atoms with E-state index in [9.17, 15) is 5.11 Å². The number of rotatable bonds is 5. The van der Waals surface area contributed by atoms with Gasteiger partial charge in [0.2, 0.25) is 0 Å². The largest absolute Gasteiger partial charge is 0.395 e. The molecule has 2 aromatic rings. The molecule has 1 aliphatic carbocycles. The van der Waals surface area contributed by atoms with Gasteiger partial charge in [-0.3, -0.25) is 4.90 Å². The maximum absolute atomic E-state index is 10.2. The van der Waals surface area contributed by atoms with Crippen LogP contribution in [0.25, 0.3) is 0 Å². The molecule has 0 aromatic heterocycles. The Hall–Kier alpha value is -1.35. The van der Waals surface area contributed by atoms with E-state index in [1.165, 1.54) is 30.4 Å². The Morgan fingerprint density at radius 2 is 1.65 bits per heavy atom. The predicted molar refractivity (Wildman–Crippen MR) is 108 cm³/mol. The maximum Gasteiger partial charge on any atom is 0.0528 e. The molecule has 3 heteroatoms. The lowest BCUT2D eigenvalue weighted by Crippen LogP contribution is -2.48. The van der Waals surface area contributed by atoms with E-state index in [4.69, 9.17) is 11.6 Å². The molecular formula is C23H28ClNO. The molecule has 1 aliphatic heterocycles. The van der Waals surface area contributed by atoms with E-state index in [2.05, 4.69) is 47.4 Å². The summed E-state index contributed by atoms with van der Waals surface area (Å²) in [5.41, 5.74) is 2.60. The fraction of sp³-hybridized carbons (Fsp3) is 0.478. The number of nitrogens with zero attached hydrogens (tertiary/aromatic N) is 1. The van der Waals surface area contributed by atoms with Crippen molar-refractivity contribution in [2.75, 3.05) is 19.7 Å². The monoisotopic (exact) mass is 369 g/mol. The van der Waals surface area contributed by atoms with Crippen LogP contribution in [0.5, 0.6) is 0 Å². The minimum atomic E-state index is -0.0814. The lowest BCUT2D eigenvalue weighted by Gasteiger charge is -2.48. The highest BCUT2D eigenvalue weighted by atomic mass is 35.5. The summed E-state index contributed by atoms with van der Waals surface area (Å²) < 4.78 is 0. The average molecular weight is 370 g/mol. The highest BCUT2D eigenvalue weighted by Gasteiger charge is 2.40. The molecule has 0 bridgehead atoms. The van der Waals surface area contributed by atoms with Crippen molar-refractivity contribution >= 4 is 11.6 Å². The van der Waals surface area contributed by atoms with Gasteiger partial charge in [-0.05, 0) is 68.0 Å². The zero-order valence-electron chi connectivity index (χ0n) is 15.3. The second-order valence-electron chi connectivity index (χ2n) is 8.03. The highest BCUT2D eigenvalue weighted by Crippen LogP contribution is 2.45. The molecule has 1 unspecified atom stereocenters. The lowest BCUT2D eigenvalue weighted by molar-refractivity contribution is 0.0360. The number of hydrogen-bond acceptors (Lipinski definition) is 2. The Morgan fingerprint density at radius 3 is 2.19 bits per heavy atom. The number of piperidine rings is 1. The Morgan fingerprint density at radius 1 is 1.00 bits per heavy atom. The standard InChI is InChI=1S/C23H28ClNO/c24-21-11-9-19(10-12-21)22(18-5-4-6-18)25-15-13-23(17-26,14-16-25)20-7-2-1-3-8-20/h1-3,7-12,18,22,26H,4-6,13-17H2.